The topological polar surface area (TPSA) is 89.2 Å². The van der Waals surface area contributed by atoms with Crippen molar-refractivity contribution in [1.82, 2.24) is 19.9 Å². The van der Waals surface area contributed by atoms with E-state index < -0.39 is 5.82 Å². The molecule has 1 aliphatic heterocycles. The van der Waals surface area contributed by atoms with E-state index in [0.717, 1.165) is 24.9 Å². The van der Waals surface area contributed by atoms with Gasteiger partial charge in [0.1, 0.15) is 5.52 Å². The lowest BCUT2D eigenvalue weighted by atomic mass is 10.1. The zero-order valence-corrected chi connectivity index (χ0v) is 15.9. The van der Waals surface area contributed by atoms with Crippen molar-refractivity contribution in [2.45, 2.75) is 18.9 Å². The molecule has 28 heavy (non-hydrogen) atoms. The Kier molecular flexibility index (Phi) is 4.95. The van der Waals surface area contributed by atoms with E-state index >= 15 is 0 Å². The Morgan fingerprint density at radius 2 is 2.21 bits per heavy atom. The van der Waals surface area contributed by atoms with Crippen LogP contribution in [-0.2, 0) is 0 Å². The van der Waals surface area contributed by atoms with Crippen LogP contribution in [0.4, 0.5) is 16.2 Å². The number of ether oxygens (including phenoxy) is 1. The average Bonchev–Trinajstić information content (AvgIpc) is 3.11. The number of anilines is 2. The smallest absolute Gasteiger partial charge is 0.220 e. The van der Waals surface area contributed by atoms with Gasteiger partial charge in [-0.2, -0.15) is 0 Å². The van der Waals surface area contributed by atoms with Gasteiger partial charge in [0.05, 0.1) is 12.8 Å². The maximum atomic E-state index is 14.8. The molecule has 1 aromatic carbocycles. The van der Waals surface area contributed by atoms with Crippen LogP contribution in [0.1, 0.15) is 12.8 Å². The van der Waals surface area contributed by atoms with E-state index in [9.17, 15) is 4.39 Å². The molecule has 0 spiro atoms. The van der Waals surface area contributed by atoms with Gasteiger partial charge >= 0.3 is 0 Å². The second kappa shape index (κ2) is 7.55. The third-order valence-electron chi connectivity index (χ3n) is 5.22. The lowest BCUT2D eigenvalue weighted by Crippen LogP contribution is -2.31. The summed E-state index contributed by atoms with van der Waals surface area (Å²) in [7, 11) is 3.56. The monoisotopic (exact) mass is 382 g/mol. The molecule has 7 nitrogen and oxygen atoms in total. The Bertz CT molecular complexity index is 1010. The van der Waals surface area contributed by atoms with E-state index in [-0.39, 0.29) is 11.7 Å². The molecule has 0 radical (unpaired) electrons. The number of nitrogens with one attached hydrogen (secondary N) is 1. The number of hydrogen-bond acceptors (Lipinski definition) is 7. The van der Waals surface area contributed by atoms with E-state index in [1.54, 1.807) is 30.5 Å². The fourth-order valence-corrected chi connectivity index (χ4v) is 3.63. The molecule has 0 bridgehead atoms. The van der Waals surface area contributed by atoms with Gasteiger partial charge in [-0.25, -0.2) is 19.3 Å². The van der Waals surface area contributed by atoms with E-state index in [4.69, 9.17) is 10.5 Å². The Labute approximate surface area is 162 Å². The number of hydrogen-bond donors (Lipinski definition) is 2. The first-order valence-electron chi connectivity index (χ1n) is 9.27. The normalized spacial score (nSPS) is 17.2. The van der Waals surface area contributed by atoms with Crippen molar-refractivity contribution in [2.75, 3.05) is 38.3 Å². The van der Waals surface area contributed by atoms with E-state index in [1.165, 1.54) is 13.5 Å². The van der Waals surface area contributed by atoms with Crippen LogP contribution in [0.2, 0.25) is 0 Å². The third-order valence-corrected chi connectivity index (χ3v) is 5.22. The van der Waals surface area contributed by atoms with Gasteiger partial charge < -0.3 is 20.7 Å². The summed E-state index contributed by atoms with van der Waals surface area (Å²) in [6.07, 6.45) is 3.94. The number of benzene rings is 1. The number of likely N-dealkylation sites (tertiary alicyclic amines) is 1. The van der Waals surface area contributed by atoms with Crippen LogP contribution >= 0.6 is 0 Å². The molecule has 1 fully saturated rings. The van der Waals surface area contributed by atoms with E-state index in [0.29, 0.717) is 28.6 Å². The Balaban J connectivity index is 1.77. The number of nitrogen functional groups attached to an aromatic ring is 1. The summed E-state index contributed by atoms with van der Waals surface area (Å²) in [5.74, 6) is 0.476. The summed E-state index contributed by atoms with van der Waals surface area (Å²) >= 11 is 0. The highest BCUT2D eigenvalue weighted by Gasteiger charge is 2.21. The molecule has 4 rings (SSSR count). The van der Waals surface area contributed by atoms with Gasteiger partial charge in [-0.1, -0.05) is 6.07 Å². The van der Waals surface area contributed by atoms with Crippen molar-refractivity contribution in [3.05, 3.63) is 36.3 Å². The highest BCUT2D eigenvalue weighted by molar-refractivity contribution is 5.91. The SMILES string of the molecule is COc1cccc(-c2cc3cnc(N)nc3c(NCC3CCCN3C)n2)c1F. The number of likely N-dealkylation sites (N-methyl/N-ethyl adjacent to an activating group) is 1. The standard InChI is InChI=1S/C20H23FN6O/c1-27-8-4-5-13(27)11-23-19-18-12(10-24-20(22)26-18)9-15(25-19)14-6-3-7-16(28-2)17(14)21/h3,6-7,9-10,13H,4-5,8,11H2,1-2H3,(H,23,25)(H2,22,24,26). The first-order chi connectivity index (χ1) is 13.6. The maximum absolute atomic E-state index is 14.8. The van der Waals surface area contributed by atoms with Crippen molar-refractivity contribution in [1.29, 1.82) is 0 Å². The number of nitrogens with two attached hydrogens (primary N) is 1. The van der Waals surface area contributed by atoms with Crippen LogP contribution < -0.4 is 15.8 Å². The Morgan fingerprint density at radius 1 is 1.36 bits per heavy atom. The van der Waals surface area contributed by atoms with Gasteiger partial charge in [0.25, 0.3) is 0 Å². The van der Waals surface area contributed by atoms with Gasteiger partial charge in [0.2, 0.25) is 5.95 Å². The number of rotatable bonds is 5. The largest absolute Gasteiger partial charge is 0.494 e. The van der Waals surface area contributed by atoms with Crippen molar-refractivity contribution in [3.8, 4) is 17.0 Å². The highest BCUT2D eigenvalue weighted by atomic mass is 19.1. The van der Waals surface area contributed by atoms with E-state index in [1.807, 2.05) is 0 Å². The Morgan fingerprint density at radius 3 is 2.96 bits per heavy atom. The molecule has 2 aromatic heterocycles. The molecule has 1 aliphatic rings. The highest BCUT2D eigenvalue weighted by Crippen LogP contribution is 2.32. The molecular formula is C20H23FN6O. The quantitative estimate of drug-likeness (QED) is 0.701. The number of pyridine rings is 1. The molecule has 1 atom stereocenters. The molecule has 0 aliphatic carbocycles. The van der Waals surface area contributed by atoms with Crippen molar-refractivity contribution in [2.24, 2.45) is 0 Å². The van der Waals surface area contributed by atoms with Gasteiger partial charge in [-0.05, 0) is 44.6 Å². The Hall–Kier alpha value is -3.00. The summed E-state index contributed by atoms with van der Waals surface area (Å²) in [5, 5.41) is 4.13. The molecular weight excluding hydrogens is 359 g/mol. The summed E-state index contributed by atoms with van der Waals surface area (Å²) in [6.45, 7) is 1.82. The zero-order chi connectivity index (χ0) is 19.7. The minimum absolute atomic E-state index is 0.176. The molecule has 8 heteroatoms. The van der Waals surface area contributed by atoms with Gasteiger partial charge in [-0.15, -0.1) is 0 Å². The summed E-state index contributed by atoms with van der Waals surface area (Å²) in [4.78, 5) is 15.4. The summed E-state index contributed by atoms with van der Waals surface area (Å²) in [6, 6.07) is 7.19. The first-order valence-corrected chi connectivity index (χ1v) is 9.27. The van der Waals surface area contributed by atoms with Crippen molar-refractivity contribution >= 4 is 22.7 Å². The van der Waals surface area contributed by atoms with Crippen LogP contribution in [0.25, 0.3) is 22.2 Å². The van der Waals surface area contributed by atoms with Gasteiger partial charge in [-0.3, -0.25) is 0 Å². The number of methoxy groups -OCH3 is 1. The zero-order valence-electron chi connectivity index (χ0n) is 15.9. The van der Waals surface area contributed by atoms with Crippen molar-refractivity contribution < 1.29 is 9.13 Å². The minimum Gasteiger partial charge on any atom is -0.494 e. The molecule has 146 valence electrons. The lowest BCUT2D eigenvalue weighted by molar-refractivity contribution is 0.322. The average molecular weight is 382 g/mol. The van der Waals surface area contributed by atoms with Crippen LogP contribution in [0.5, 0.6) is 5.75 Å². The fraction of sp³-hybridized carbons (Fsp3) is 0.350. The minimum atomic E-state index is -0.449. The molecule has 3 heterocycles. The van der Waals surface area contributed by atoms with Crippen LogP contribution in [0.3, 0.4) is 0 Å². The molecule has 3 aromatic rings. The molecule has 3 N–H and O–H groups in total. The second-order valence-electron chi connectivity index (χ2n) is 7.00. The molecule has 1 saturated heterocycles. The number of halogens is 1. The van der Waals surface area contributed by atoms with Crippen molar-refractivity contribution in [3.63, 3.8) is 0 Å². The first kappa shape index (κ1) is 18.4. The van der Waals surface area contributed by atoms with Crippen LogP contribution in [0.15, 0.2) is 30.5 Å². The van der Waals surface area contributed by atoms with Crippen LogP contribution in [-0.4, -0.2) is 53.1 Å². The maximum Gasteiger partial charge on any atom is 0.220 e. The fourth-order valence-electron chi connectivity index (χ4n) is 3.63. The predicted molar refractivity (Wildman–Crippen MR) is 108 cm³/mol. The molecule has 1 unspecified atom stereocenters. The lowest BCUT2D eigenvalue weighted by Gasteiger charge is -2.20. The number of aromatic nitrogens is 3. The molecule has 0 amide bonds. The summed E-state index contributed by atoms with van der Waals surface area (Å²) < 4.78 is 19.9. The van der Waals surface area contributed by atoms with Gasteiger partial charge in [0, 0.05) is 29.7 Å². The van der Waals surface area contributed by atoms with Crippen LogP contribution in [0, 0.1) is 5.82 Å². The van der Waals surface area contributed by atoms with E-state index in [2.05, 4.69) is 32.2 Å². The molecule has 0 saturated carbocycles. The third kappa shape index (κ3) is 3.43. The summed E-state index contributed by atoms with van der Waals surface area (Å²) in [5.41, 5.74) is 7.25. The predicted octanol–water partition coefficient (Wildman–Crippen LogP) is 2.93. The second-order valence-corrected chi connectivity index (χ2v) is 7.00. The number of nitrogens with zero attached hydrogens (tertiary/aromatic N) is 4. The number of fused-ring (bicyclic) bond motifs is 1. The van der Waals surface area contributed by atoms with Gasteiger partial charge in [0.15, 0.2) is 17.4 Å².